The third kappa shape index (κ3) is 5.30. The average Bonchev–Trinajstić information content (AvgIpc) is 2.75. The lowest BCUT2D eigenvalue weighted by atomic mass is 10.0. The summed E-state index contributed by atoms with van der Waals surface area (Å²) in [5.41, 5.74) is 4.22. The van der Waals surface area contributed by atoms with Gasteiger partial charge in [0.25, 0.3) is 0 Å². The number of hydrogen-bond donors (Lipinski definition) is 1. The zero-order valence-electron chi connectivity index (χ0n) is 17.3. The molecule has 0 aliphatic carbocycles. The highest BCUT2D eigenvalue weighted by atomic mass is 35.5. The number of methoxy groups -OCH3 is 1. The van der Waals surface area contributed by atoms with Crippen molar-refractivity contribution in [3.8, 4) is 11.5 Å². The molecule has 30 heavy (non-hydrogen) atoms. The summed E-state index contributed by atoms with van der Waals surface area (Å²) >= 11 is 6.36. The van der Waals surface area contributed by atoms with Crippen LogP contribution in [0.3, 0.4) is 0 Å². The Kier molecular flexibility index (Phi) is 7.31. The van der Waals surface area contributed by atoms with Crippen LogP contribution >= 0.6 is 11.6 Å². The van der Waals surface area contributed by atoms with E-state index in [1.807, 2.05) is 56.3 Å². The van der Waals surface area contributed by atoms with E-state index >= 15 is 0 Å². The second-order valence-electron chi connectivity index (χ2n) is 6.98. The fraction of sp³-hybridized carbons (Fsp3) is 0.250. The lowest BCUT2D eigenvalue weighted by Crippen LogP contribution is -2.19. The van der Waals surface area contributed by atoms with Gasteiger partial charge in [0.05, 0.1) is 30.9 Å². The van der Waals surface area contributed by atoms with E-state index in [1.165, 1.54) is 6.21 Å². The molecule has 1 amide bonds. The fourth-order valence-electron chi connectivity index (χ4n) is 3.05. The molecule has 3 aromatic rings. The Morgan fingerprint density at radius 2 is 1.97 bits per heavy atom. The Balaban J connectivity index is 1.68. The fourth-order valence-corrected chi connectivity index (χ4v) is 3.31. The van der Waals surface area contributed by atoms with Crippen LogP contribution in [0.5, 0.6) is 11.5 Å². The summed E-state index contributed by atoms with van der Waals surface area (Å²) in [6.07, 6.45) is 2.64. The van der Waals surface area contributed by atoms with Gasteiger partial charge in [-0.3, -0.25) is 4.79 Å². The molecule has 0 fully saturated rings. The first kappa shape index (κ1) is 21.7. The van der Waals surface area contributed by atoms with Crippen molar-refractivity contribution in [2.45, 2.75) is 32.8 Å². The highest BCUT2D eigenvalue weighted by Crippen LogP contribution is 2.37. The molecule has 0 saturated carbocycles. The van der Waals surface area contributed by atoms with Gasteiger partial charge >= 0.3 is 0 Å². The summed E-state index contributed by atoms with van der Waals surface area (Å²) in [6, 6.07) is 17.4. The number of carbonyl (C=O) groups excluding carboxylic acids is 1. The van der Waals surface area contributed by atoms with E-state index < -0.39 is 0 Å². The van der Waals surface area contributed by atoms with Gasteiger partial charge in [-0.15, -0.1) is 0 Å². The summed E-state index contributed by atoms with van der Waals surface area (Å²) in [5, 5.41) is 6.66. The van der Waals surface area contributed by atoms with Crippen molar-refractivity contribution < 1.29 is 14.3 Å². The van der Waals surface area contributed by atoms with Gasteiger partial charge in [0.2, 0.25) is 5.91 Å². The first-order valence-corrected chi connectivity index (χ1v) is 10.2. The lowest BCUT2D eigenvalue weighted by molar-refractivity contribution is -0.120. The minimum atomic E-state index is -0.197. The van der Waals surface area contributed by atoms with Crippen molar-refractivity contribution in [1.29, 1.82) is 0 Å². The standard InChI is InChI=1S/C24H25ClN2O3/c1-4-16(2)30-24-21(25)12-17(13-22(24)29-3)15-26-27-23(28)14-19-10-7-9-18-8-5-6-11-20(18)19/h5-13,15-16H,4,14H2,1-3H3,(H,27,28)/b26-15-/t16-/m0/s1. The van der Waals surface area contributed by atoms with Crippen molar-refractivity contribution in [3.05, 3.63) is 70.7 Å². The van der Waals surface area contributed by atoms with Crippen LogP contribution in [0.2, 0.25) is 5.02 Å². The van der Waals surface area contributed by atoms with Crippen molar-refractivity contribution in [2.75, 3.05) is 7.11 Å². The monoisotopic (exact) mass is 424 g/mol. The van der Waals surface area contributed by atoms with Crippen LogP contribution in [0.15, 0.2) is 59.7 Å². The number of rotatable bonds is 8. The normalized spacial score (nSPS) is 12.1. The summed E-state index contributed by atoms with van der Waals surface area (Å²) in [4.78, 5) is 12.3. The Morgan fingerprint density at radius 3 is 2.73 bits per heavy atom. The van der Waals surface area contributed by atoms with Gasteiger partial charge in [-0.2, -0.15) is 5.10 Å². The molecule has 0 aromatic heterocycles. The van der Waals surface area contributed by atoms with Crippen LogP contribution < -0.4 is 14.9 Å². The smallest absolute Gasteiger partial charge is 0.244 e. The summed E-state index contributed by atoms with van der Waals surface area (Å²) < 4.78 is 11.2. The summed E-state index contributed by atoms with van der Waals surface area (Å²) in [6.45, 7) is 4.00. The molecule has 0 aliphatic heterocycles. The predicted molar refractivity (Wildman–Crippen MR) is 122 cm³/mol. The SMILES string of the molecule is CC[C@H](C)Oc1c(Cl)cc(/C=N\NC(=O)Cc2cccc3ccccc23)cc1OC. The van der Waals surface area contributed by atoms with Gasteiger partial charge in [-0.1, -0.05) is 61.0 Å². The van der Waals surface area contributed by atoms with Crippen molar-refractivity contribution in [1.82, 2.24) is 5.43 Å². The molecule has 0 heterocycles. The number of ether oxygens (including phenoxy) is 2. The number of carbonyl (C=O) groups is 1. The van der Waals surface area contributed by atoms with Crippen molar-refractivity contribution >= 4 is 34.5 Å². The Morgan fingerprint density at radius 1 is 1.20 bits per heavy atom. The molecule has 3 aromatic carbocycles. The first-order chi connectivity index (χ1) is 14.5. The second kappa shape index (κ2) is 10.1. The van der Waals surface area contributed by atoms with Gasteiger partial charge in [0.1, 0.15) is 0 Å². The highest BCUT2D eigenvalue weighted by molar-refractivity contribution is 6.32. The minimum Gasteiger partial charge on any atom is -0.493 e. The largest absolute Gasteiger partial charge is 0.493 e. The van der Waals surface area contributed by atoms with Crippen LogP contribution in [0.1, 0.15) is 31.4 Å². The van der Waals surface area contributed by atoms with Crippen molar-refractivity contribution in [3.63, 3.8) is 0 Å². The van der Waals surface area contributed by atoms with E-state index in [1.54, 1.807) is 19.2 Å². The minimum absolute atomic E-state index is 0.0178. The number of nitrogens with zero attached hydrogens (tertiary/aromatic N) is 1. The Bertz CT molecular complexity index is 1060. The molecule has 1 N–H and O–H groups in total. The Hall–Kier alpha value is -3.05. The number of hydrogen-bond acceptors (Lipinski definition) is 4. The lowest BCUT2D eigenvalue weighted by Gasteiger charge is -2.17. The number of hydrazone groups is 1. The van der Waals surface area contributed by atoms with Crippen LogP contribution in [0.4, 0.5) is 0 Å². The van der Waals surface area contributed by atoms with E-state index in [4.69, 9.17) is 21.1 Å². The molecule has 3 rings (SSSR count). The maximum Gasteiger partial charge on any atom is 0.244 e. The average molecular weight is 425 g/mol. The quantitative estimate of drug-likeness (QED) is 0.390. The van der Waals surface area contributed by atoms with Gasteiger partial charge in [0.15, 0.2) is 11.5 Å². The predicted octanol–water partition coefficient (Wildman–Crippen LogP) is 5.37. The van der Waals surface area contributed by atoms with Gasteiger partial charge in [0, 0.05) is 0 Å². The molecule has 0 aliphatic rings. The molecule has 6 heteroatoms. The molecular weight excluding hydrogens is 400 g/mol. The number of amides is 1. The molecule has 0 unspecified atom stereocenters. The maximum absolute atomic E-state index is 12.3. The van der Waals surface area contributed by atoms with E-state index in [-0.39, 0.29) is 18.4 Å². The van der Waals surface area contributed by atoms with Crippen LogP contribution in [0.25, 0.3) is 10.8 Å². The van der Waals surface area contributed by atoms with Crippen LogP contribution in [0, 0.1) is 0 Å². The molecule has 0 bridgehead atoms. The molecular formula is C24H25ClN2O3. The van der Waals surface area contributed by atoms with E-state index in [9.17, 15) is 4.79 Å². The van der Waals surface area contributed by atoms with Crippen LogP contribution in [-0.4, -0.2) is 25.3 Å². The maximum atomic E-state index is 12.3. The highest BCUT2D eigenvalue weighted by Gasteiger charge is 2.14. The zero-order chi connectivity index (χ0) is 21.5. The second-order valence-corrected chi connectivity index (χ2v) is 7.39. The van der Waals surface area contributed by atoms with Gasteiger partial charge in [-0.25, -0.2) is 5.43 Å². The number of halogens is 1. The Labute approximate surface area is 181 Å². The third-order valence-corrected chi connectivity index (χ3v) is 5.06. The summed E-state index contributed by atoms with van der Waals surface area (Å²) in [7, 11) is 1.56. The van der Waals surface area contributed by atoms with E-state index in [0.29, 0.717) is 22.1 Å². The van der Waals surface area contributed by atoms with Crippen molar-refractivity contribution in [2.24, 2.45) is 5.10 Å². The first-order valence-electron chi connectivity index (χ1n) is 9.84. The molecule has 0 radical (unpaired) electrons. The molecule has 5 nitrogen and oxygen atoms in total. The van der Waals surface area contributed by atoms with Gasteiger partial charge < -0.3 is 9.47 Å². The zero-order valence-corrected chi connectivity index (χ0v) is 18.1. The molecule has 0 saturated heterocycles. The number of fused-ring (bicyclic) bond motifs is 1. The van der Waals surface area contributed by atoms with E-state index in [0.717, 1.165) is 22.8 Å². The number of nitrogens with one attached hydrogen (secondary N) is 1. The number of benzene rings is 3. The summed E-state index contributed by atoms with van der Waals surface area (Å²) in [5.74, 6) is 0.828. The topological polar surface area (TPSA) is 59.9 Å². The molecule has 0 spiro atoms. The van der Waals surface area contributed by atoms with Crippen LogP contribution in [-0.2, 0) is 11.2 Å². The molecule has 156 valence electrons. The molecule has 1 atom stereocenters. The van der Waals surface area contributed by atoms with E-state index in [2.05, 4.69) is 10.5 Å². The van der Waals surface area contributed by atoms with Gasteiger partial charge in [-0.05, 0) is 47.4 Å². The third-order valence-electron chi connectivity index (χ3n) is 4.78.